The number of rotatable bonds is 3. The monoisotopic (exact) mass is 284 g/mol. The highest BCUT2D eigenvalue weighted by Gasteiger charge is 2.14. The van der Waals surface area contributed by atoms with Gasteiger partial charge in [-0.2, -0.15) is 0 Å². The number of carbonyl (C=O) groups is 1. The number of benzene rings is 1. The smallest absolute Gasteiger partial charge is 0.194 e. The molecular formula is C16H16N2OS. The number of hydrogen-bond acceptors (Lipinski definition) is 3. The third-order valence-corrected chi connectivity index (χ3v) is 4.39. The summed E-state index contributed by atoms with van der Waals surface area (Å²) in [7, 11) is 0. The summed E-state index contributed by atoms with van der Waals surface area (Å²) in [4.78, 5) is 16.6. The zero-order chi connectivity index (χ0) is 14.3. The summed E-state index contributed by atoms with van der Waals surface area (Å²) in [6.07, 6.45) is 0.883. The van der Waals surface area contributed by atoms with E-state index < -0.39 is 0 Å². The third-order valence-electron chi connectivity index (χ3n) is 3.57. The molecule has 0 bridgehead atoms. The molecule has 3 nitrogen and oxygen atoms in total. The van der Waals surface area contributed by atoms with Crippen LogP contribution in [0, 0.1) is 6.92 Å². The lowest BCUT2D eigenvalue weighted by molar-refractivity contribution is 0.111. The van der Waals surface area contributed by atoms with Crippen molar-refractivity contribution in [3.05, 3.63) is 46.6 Å². The number of thiazole rings is 1. The largest absolute Gasteiger partial charge is 0.296 e. The zero-order valence-corrected chi connectivity index (χ0v) is 12.6. The summed E-state index contributed by atoms with van der Waals surface area (Å²) < 4.78 is 1.94. The van der Waals surface area contributed by atoms with E-state index in [1.165, 1.54) is 5.56 Å². The summed E-state index contributed by atoms with van der Waals surface area (Å²) >= 11 is 1.56. The van der Waals surface area contributed by atoms with Crippen molar-refractivity contribution >= 4 is 22.6 Å². The fraction of sp³-hybridized carbons (Fsp3) is 0.250. The number of aromatic nitrogens is 2. The highest BCUT2D eigenvalue weighted by Crippen LogP contribution is 2.29. The Morgan fingerprint density at radius 3 is 2.55 bits per heavy atom. The van der Waals surface area contributed by atoms with E-state index in [9.17, 15) is 4.79 Å². The lowest BCUT2D eigenvalue weighted by Crippen LogP contribution is -1.94. The van der Waals surface area contributed by atoms with Gasteiger partial charge in [0.1, 0.15) is 5.69 Å². The average molecular weight is 284 g/mol. The summed E-state index contributed by atoms with van der Waals surface area (Å²) in [5, 5.41) is 2.05. The van der Waals surface area contributed by atoms with Gasteiger partial charge >= 0.3 is 0 Å². The molecule has 0 aliphatic heterocycles. The first-order valence-corrected chi connectivity index (χ1v) is 7.52. The van der Waals surface area contributed by atoms with Crippen molar-refractivity contribution in [1.82, 2.24) is 9.38 Å². The van der Waals surface area contributed by atoms with Gasteiger partial charge in [0.05, 0.1) is 11.4 Å². The predicted molar refractivity (Wildman–Crippen MR) is 82.7 cm³/mol. The Kier molecular flexibility index (Phi) is 3.18. The van der Waals surface area contributed by atoms with Crippen LogP contribution in [0.5, 0.6) is 0 Å². The number of nitrogens with zero attached hydrogens (tertiary/aromatic N) is 2. The molecule has 2 aromatic heterocycles. The molecule has 1 aromatic carbocycles. The van der Waals surface area contributed by atoms with E-state index >= 15 is 0 Å². The van der Waals surface area contributed by atoms with E-state index in [1.54, 1.807) is 11.3 Å². The second-order valence-corrected chi connectivity index (χ2v) is 6.05. The zero-order valence-electron chi connectivity index (χ0n) is 11.8. The van der Waals surface area contributed by atoms with Gasteiger partial charge in [0, 0.05) is 5.38 Å². The topological polar surface area (TPSA) is 34.4 Å². The minimum atomic E-state index is 0.521. The maximum absolute atomic E-state index is 11.3. The normalized spacial score (nSPS) is 11.4. The minimum absolute atomic E-state index is 0.521. The molecule has 4 heteroatoms. The maximum Gasteiger partial charge on any atom is 0.194 e. The molecule has 0 spiro atoms. The highest BCUT2D eigenvalue weighted by molar-refractivity contribution is 7.15. The van der Waals surface area contributed by atoms with Crippen LogP contribution in [0.15, 0.2) is 29.6 Å². The van der Waals surface area contributed by atoms with Gasteiger partial charge in [-0.05, 0) is 24.0 Å². The molecule has 3 aromatic rings. The van der Waals surface area contributed by atoms with Gasteiger partial charge in [-0.25, -0.2) is 4.98 Å². The van der Waals surface area contributed by atoms with Gasteiger partial charge in [0.2, 0.25) is 0 Å². The van der Waals surface area contributed by atoms with Crippen LogP contribution in [0.1, 0.15) is 41.5 Å². The van der Waals surface area contributed by atoms with Crippen LogP contribution in [-0.4, -0.2) is 15.7 Å². The number of imidazole rings is 1. The molecule has 0 atom stereocenters. The Morgan fingerprint density at radius 2 is 1.95 bits per heavy atom. The van der Waals surface area contributed by atoms with Crippen molar-refractivity contribution < 1.29 is 4.79 Å². The molecule has 0 saturated heterocycles. The van der Waals surface area contributed by atoms with Crippen molar-refractivity contribution in [2.45, 2.75) is 26.7 Å². The molecule has 0 amide bonds. The molecule has 0 aliphatic rings. The van der Waals surface area contributed by atoms with E-state index in [1.807, 2.05) is 11.3 Å². The second kappa shape index (κ2) is 4.87. The number of carbonyl (C=O) groups excluding carboxylic acids is 1. The first-order valence-electron chi connectivity index (χ1n) is 6.64. The van der Waals surface area contributed by atoms with Crippen LogP contribution in [-0.2, 0) is 0 Å². The van der Waals surface area contributed by atoms with Gasteiger partial charge in [-0.15, -0.1) is 11.3 Å². The second-order valence-electron chi connectivity index (χ2n) is 5.22. The van der Waals surface area contributed by atoms with E-state index in [4.69, 9.17) is 0 Å². The van der Waals surface area contributed by atoms with Crippen LogP contribution in [0.3, 0.4) is 0 Å². The van der Waals surface area contributed by atoms with E-state index in [-0.39, 0.29) is 0 Å². The van der Waals surface area contributed by atoms with Crippen LogP contribution >= 0.6 is 11.3 Å². The quantitative estimate of drug-likeness (QED) is 0.672. The number of aryl methyl sites for hydroxylation is 1. The lowest BCUT2D eigenvalue weighted by atomic mass is 10.0. The first kappa shape index (κ1) is 13.1. The van der Waals surface area contributed by atoms with Crippen molar-refractivity contribution in [3.63, 3.8) is 0 Å². The van der Waals surface area contributed by atoms with Crippen molar-refractivity contribution in [3.8, 4) is 11.3 Å². The Labute approximate surface area is 121 Å². The van der Waals surface area contributed by atoms with Crippen molar-refractivity contribution in [2.24, 2.45) is 0 Å². The summed E-state index contributed by atoms with van der Waals surface area (Å²) in [6.45, 7) is 6.23. The summed E-state index contributed by atoms with van der Waals surface area (Å²) in [5.74, 6) is 0.521. The summed E-state index contributed by atoms with van der Waals surface area (Å²) in [6, 6.07) is 8.52. The maximum atomic E-state index is 11.3. The fourth-order valence-electron chi connectivity index (χ4n) is 2.36. The SMILES string of the molecule is Cc1nc2scc(-c3ccc(C(C)C)cc3)n2c1C=O. The standard InChI is InChI=1S/C16H16N2OS/c1-10(2)12-4-6-13(7-5-12)15-9-20-16-17-11(3)14(8-19)18(15)16/h4-10H,1-3H3. The average Bonchev–Trinajstić information content (AvgIpc) is 2.96. The van der Waals surface area contributed by atoms with Gasteiger partial charge in [0.15, 0.2) is 11.2 Å². The van der Waals surface area contributed by atoms with Crippen LogP contribution < -0.4 is 0 Å². The van der Waals surface area contributed by atoms with Crippen LogP contribution in [0.2, 0.25) is 0 Å². The number of fused-ring (bicyclic) bond motifs is 1. The Bertz CT molecular complexity index is 766. The molecule has 20 heavy (non-hydrogen) atoms. The van der Waals surface area contributed by atoms with E-state index in [2.05, 4.69) is 48.5 Å². The fourth-order valence-corrected chi connectivity index (χ4v) is 3.31. The Morgan fingerprint density at radius 1 is 1.25 bits per heavy atom. The molecular weight excluding hydrogens is 268 g/mol. The third kappa shape index (κ3) is 1.96. The van der Waals surface area contributed by atoms with Gasteiger partial charge < -0.3 is 0 Å². The Balaban J connectivity index is 2.16. The molecule has 102 valence electrons. The number of hydrogen-bond donors (Lipinski definition) is 0. The van der Waals surface area contributed by atoms with Crippen molar-refractivity contribution in [1.29, 1.82) is 0 Å². The van der Waals surface area contributed by atoms with E-state index in [0.717, 1.165) is 28.2 Å². The van der Waals surface area contributed by atoms with Gasteiger partial charge in [-0.1, -0.05) is 38.1 Å². The van der Waals surface area contributed by atoms with E-state index in [0.29, 0.717) is 11.6 Å². The number of aldehydes is 1. The molecule has 3 rings (SSSR count). The molecule has 0 aliphatic carbocycles. The molecule has 0 saturated carbocycles. The van der Waals surface area contributed by atoms with Crippen molar-refractivity contribution in [2.75, 3.05) is 0 Å². The summed E-state index contributed by atoms with van der Waals surface area (Å²) in [5.41, 5.74) is 4.89. The predicted octanol–water partition coefficient (Wildman–Crippen LogP) is 4.31. The van der Waals surface area contributed by atoms with Gasteiger partial charge in [-0.3, -0.25) is 9.20 Å². The molecule has 0 fully saturated rings. The molecule has 0 N–H and O–H groups in total. The Hall–Kier alpha value is -1.94. The highest BCUT2D eigenvalue weighted by atomic mass is 32.1. The molecule has 0 radical (unpaired) electrons. The van der Waals surface area contributed by atoms with Crippen LogP contribution in [0.25, 0.3) is 16.2 Å². The molecule has 2 heterocycles. The minimum Gasteiger partial charge on any atom is -0.296 e. The van der Waals surface area contributed by atoms with Gasteiger partial charge in [0.25, 0.3) is 0 Å². The molecule has 0 unspecified atom stereocenters. The lowest BCUT2D eigenvalue weighted by Gasteiger charge is -2.07. The van der Waals surface area contributed by atoms with Crippen LogP contribution in [0.4, 0.5) is 0 Å². The first-order chi connectivity index (χ1) is 9.61.